The van der Waals surface area contributed by atoms with Crippen LogP contribution in [0.3, 0.4) is 0 Å². The Labute approximate surface area is 97.5 Å². The molecule has 0 saturated carbocycles. The number of aromatic nitrogens is 1. The highest BCUT2D eigenvalue weighted by Gasteiger charge is 2.11. The summed E-state index contributed by atoms with van der Waals surface area (Å²) in [5.41, 5.74) is 0. The van der Waals surface area contributed by atoms with E-state index >= 15 is 0 Å². The molecule has 0 aliphatic rings. The zero-order valence-corrected chi connectivity index (χ0v) is 9.24. The van der Waals surface area contributed by atoms with E-state index in [0.29, 0.717) is 6.42 Å². The second-order valence-corrected chi connectivity index (χ2v) is 3.42. The van der Waals surface area contributed by atoms with E-state index in [1.807, 2.05) is 6.92 Å². The van der Waals surface area contributed by atoms with Gasteiger partial charge in [0.1, 0.15) is 11.6 Å². The average molecular weight is 234 g/mol. The van der Waals surface area contributed by atoms with Gasteiger partial charge in [-0.3, -0.25) is 4.79 Å². The van der Waals surface area contributed by atoms with Crippen molar-refractivity contribution in [1.29, 1.82) is 0 Å². The van der Waals surface area contributed by atoms with Gasteiger partial charge in [0.25, 0.3) is 5.91 Å². The van der Waals surface area contributed by atoms with Crippen molar-refractivity contribution in [2.75, 3.05) is 5.32 Å². The molecule has 0 atom stereocenters. The van der Waals surface area contributed by atoms with Gasteiger partial charge in [0.15, 0.2) is 5.76 Å². The van der Waals surface area contributed by atoms with Gasteiger partial charge in [-0.05, 0) is 24.3 Å². The number of rotatable bonds is 3. The van der Waals surface area contributed by atoms with Gasteiger partial charge in [-0.1, -0.05) is 13.0 Å². The molecule has 0 aromatic carbocycles. The highest BCUT2D eigenvalue weighted by molar-refractivity contribution is 6.01. The lowest BCUT2D eigenvalue weighted by Gasteiger charge is -2.01. The van der Waals surface area contributed by atoms with Gasteiger partial charge in [-0.15, -0.1) is 0 Å². The van der Waals surface area contributed by atoms with Crippen LogP contribution in [0, 0.1) is 5.95 Å². The number of carbonyl (C=O) groups is 1. The SMILES string of the molecule is CCc1ccc(C(=O)Nc2cccc(F)n2)o1. The molecule has 0 saturated heterocycles. The molecular weight excluding hydrogens is 223 g/mol. The summed E-state index contributed by atoms with van der Waals surface area (Å²) in [7, 11) is 0. The molecule has 5 heteroatoms. The van der Waals surface area contributed by atoms with E-state index in [2.05, 4.69) is 10.3 Å². The number of anilines is 1. The van der Waals surface area contributed by atoms with Crippen LogP contribution in [0.5, 0.6) is 0 Å². The number of hydrogen-bond acceptors (Lipinski definition) is 3. The molecule has 17 heavy (non-hydrogen) atoms. The second-order valence-electron chi connectivity index (χ2n) is 3.42. The summed E-state index contributed by atoms with van der Waals surface area (Å²) in [6, 6.07) is 7.49. The summed E-state index contributed by atoms with van der Waals surface area (Å²) in [6.45, 7) is 1.93. The number of pyridine rings is 1. The van der Waals surface area contributed by atoms with Crippen molar-refractivity contribution in [3.8, 4) is 0 Å². The van der Waals surface area contributed by atoms with Crippen molar-refractivity contribution in [3.05, 3.63) is 47.8 Å². The Balaban J connectivity index is 2.11. The van der Waals surface area contributed by atoms with E-state index in [-0.39, 0.29) is 11.6 Å². The zero-order chi connectivity index (χ0) is 12.3. The lowest BCUT2D eigenvalue weighted by molar-refractivity contribution is 0.0994. The predicted octanol–water partition coefficient (Wildman–Crippen LogP) is 2.63. The predicted molar refractivity (Wildman–Crippen MR) is 60.2 cm³/mol. The Morgan fingerprint density at radius 3 is 2.88 bits per heavy atom. The van der Waals surface area contributed by atoms with Crippen LogP contribution in [0.15, 0.2) is 34.7 Å². The number of carbonyl (C=O) groups excluding carboxylic acids is 1. The van der Waals surface area contributed by atoms with E-state index in [0.717, 1.165) is 5.76 Å². The number of furan rings is 1. The standard InChI is InChI=1S/C12H11FN2O2/c1-2-8-6-7-9(17-8)12(16)15-11-5-3-4-10(13)14-11/h3-7H,2H2,1H3,(H,14,15,16). The summed E-state index contributed by atoms with van der Waals surface area (Å²) < 4.78 is 18.1. The van der Waals surface area contributed by atoms with Gasteiger partial charge >= 0.3 is 0 Å². The van der Waals surface area contributed by atoms with Crippen molar-refractivity contribution < 1.29 is 13.6 Å². The van der Waals surface area contributed by atoms with Gasteiger partial charge in [0.05, 0.1) is 0 Å². The lowest BCUT2D eigenvalue weighted by atomic mass is 10.3. The van der Waals surface area contributed by atoms with Crippen LogP contribution in [0.25, 0.3) is 0 Å². The number of aryl methyl sites for hydroxylation is 1. The van der Waals surface area contributed by atoms with E-state index < -0.39 is 11.9 Å². The zero-order valence-electron chi connectivity index (χ0n) is 9.24. The first-order valence-corrected chi connectivity index (χ1v) is 5.21. The Morgan fingerprint density at radius 1 is 1.41 bits per heavy atom. The van der Waals surface area contributed by atoms with Crippen molar-refractivity contribution in [3.63, 3.8) is 0 Å². The molecular formula is C12H11FN2O2. The number of hydrogen-bond donors (Lipinski definition) is 1. The smallest absolute Gasteiger partial charge is 0.292 e. The van der Waals surface area contributed by atoms with E-state index in [9.17, 15) is 9.18 Å². The Bertz CT molecular complexity index is 537. The molecule has 2 aromatic heterocycles. The molecule has 2 heterocycles. The molecule has 2 aromatic rings. The van der Waals surface area contributed by atoms with E-state index in [1.165, 1.54) is 18.2 Å². The summed E-state index contributed by atoms with van der Waals surface area (Å²) in [4.78, 5) is 15.2. The average Bonchev–Trinajstić information content (AvgIpc) is 2.77. The summed E-state index contributed by atoms with van der Waals surface area (Å²) in [6.07, 6.45) is 0.714. The minimum Gasteiger partial charge on any atom is -0.456 e. The number of amides is 1. The fraction of sp³-hybridized carbons (Fsp3) is 0.167. The lowest BCUT2D eigenvalue weighted by Crippen LogP contribution is -2.12. The van der Waals surface area contributed by atoms with Crippen molar-refractivity contribution >= 4 is 11.7 Å². The Morgan fingerprint density at radius 2 is 2.24 bits per heavy atom. The third-order valence-corrected chi connectivity index (χ3v) is 2.19. The largest absolute Gasteiger partial charge is 0.456 e. The number of nitrogens with zero attached hydrogens (tertiary/aromatic N) is 1. The number of halogens is 1. The summed E-state index contributed by atoms with van der Waals surface area (Å²) >= 11 is 0. The monoisotopic (exact) mass is 234 g/mol. The van der Waals surface area contributed by atoms with Gasteiger partial charge in [-0.2, -0.15) is 4.39 Å². The van der Waals surface area contributed by atoms with Crippen molar-refractivity contribution in [1.82, 2.24) is 4.98 Å². The first kappa shape index (κ1) is 11.3. The Hall–Kier alpha value is -2.17. The van der Waals surface area contributed by atoms with Crippen LogP contribution in [0.4, 0.5) is 10.2 Å². The third-order valence-electron chi connectivity index (χ3n) is 2.19. The molecule has 4 nitrogen and oxygen atoms in total. The van der Waals surface area contributed by atoms with Crippen molar-refractivity contribution in [2.45, 2.75) is 13.3 Å². The molecule has 0 fully saturated rings. The van der Waals surface area contributed by atoms with Gasteiger partial charge < -0.3 is 9.73 Å². The van der Waals surface area contributed by atoms with Crippen molar-refractivity contribution in [2.24, 2.45) is 0 Å². The maximum atomic E-state index is 12.8. The highest BCUT2D eigenvalue weighted by atomic mass is 19.1. The molecule has 0 radical (unpaired) electrons. The summed E-state index contributed by atoms with van der Waals surface area (Å²) in [5.74, 6) is -0.0148. The molecule has 88 valence electrons. The molecule has 0 spiro atoms. The molecule has 1 N–H and O–H groups in total. The van der Waals surface area contributed by atoms with Gasteiger partial charge in [0.2, 0.25) is 5.95 Å². The fourth-order valence-electron chi connectivity index (χ4n) is 1.35. The van der Waals surface area contributed by atoms with Crippen LogP contribution in [0.2, 0.25) is 0 Å². The van der Waals surface area contributed by atoms with E-state index in [1.54, 1.807) is 12.1 Å². The minimum absolute atomic E-state index is 0.157. The molecule has 2 rings (SSSR count). The van der Waals surface area contributed by atoms with E-state index in [4.69, 9.17) is 4.42 Å². The first-order valence-electron chi connectivity index (χ1n) is 5.21. The van der Waals surface area contributed by atoms with Crippen LogP contribution in [0.1, 0.15) is 23.2 Å². The molecule has 1 amide bonds. The van der Waals surface area contributed by atoms with Gasteiger partial charge in [0, 0.05) is 6.42 Å². The number of nitrogens with one attached hydrogen (secondary N) is 1. The Kier molecular flexibility index (Phi) is 3.18. The molecule has 0 aliphatic carbocycles. The van der Waals surface area contributed by atoms with Crippen LogP contribution < -0.4 is 5.32 Å². The fourth-order valence-corrected chi connectivity index (χ4v) is 1.35. The molecule has 0 aliphatic heterocycles. The maximum absolute atomic E-state index is 12.8. The molecule has 0 unspecified atom stereocenters. The van der Waals surface area contributed by atoms with Crippen LogP contribution >= 0.6 is 0 Å². The normalized spacial score (nSPS) is 10.2. The second kappa shape index (κ2) is 4.78. The maximum Gasteiger partial charge on any atom is 0.292 e. The minimum atomic E-state index is -0.642. The van der Waals surface area contributed by atoms with Crippen LogP contribution in [-0.2, 0) is 6.42 Å². The first-order chi connectivity index (χ1) is 8.19. The summed E-state index contributed by atoms with van der Waals surface area (Å²) in [5, 5.41) is 2.45. The highest BCUT2D eigenvalue weighted by Crippen LogP contribution is 2.11. The topological polar surface area (TPSA) is 55.1 Å². The van der Waals surface area contributed by atoms with Gasteiger partial charge in [-0.25, -0.2) is 4.98 Å². The quantitative estimate of drug-likeness (QED) is 0.830. The van der Waals surface area contributed by atoms with Crippen LogP contribution in [-0.4, -0.2) is 10.9 Å². The third kappa shape index (κ3) is 2.69. The molecule has 0 bridgehead atoms.